The van der Waals surface area contributed by atoms with Crippen LogP contribution in [0.3, 0.4) is 0 Å². The number of hydrogen-bond acceptors (Lipinski definition) is 2. The second kappa shape index (κ2) is 9.68. The number of nitrogens with one attached hydrogen (secondary N) is 1. The van der Waals surface area contributed by atoms with Crippen LogP contribution in [0.4, 0.5) is 4.39 Å². The van der Waals surface area contributed by atoms with Gasteiger partial charge < -0.3 is 10.1 Å². The van der Waals surface area contributed by atoms with Crippen molar-refractivity contribution in [1.29, 1.82) is 0 Å². The number of hydrogen-bond donors (Lipinski definition) is 1. The van der Waals surface area contributed by atoms with Gasteiger partial charge in [-0.15, -0.1) is 0 Å². The summed E-state index contributed by atoms with van der Waals surface area (Å²) in [6.45, 7) is 0.496. The predicted molar refractivity (Wildman–Crippen MR) is 116 cm³/mol. The van der Waals surface area contributed by atoms with Crippen LogP contribution >= 0.6 is 0 Å². The van der Waals surface area contributed by atoms with Crippen molar-refractivity contribution in [3.05, 3.63) is 107 Å². The second-order valence-corrected chi connectivity index (χ2v) is 7.82. The van der Waals surface area contributed by atoms with Gasteiger partial charge in [0.05, 0.1) is 25.2 Å². The number of halogens is 1. The highest BCUT2D eigenvalue weighted by atomic mass is 19.1. The number of rotatable bonds is 6. The second-order valence-electron chi connectivity index (χ2n) is 7.82. The molecule has 0 aliphatic carbocycles. The lowest BCUT2D eigenvalue weighted by Crippen LogP contribution is -2.44. The number of benzene rings is 3. The van der Waals surface area contributed by atoms with E-state index in [-0.39, 0.29) is 36.2 Å². The van der Waals surface area contributed by atoms with Gasteiger partial charge in [0.1, 0.15) is 5.82 Å². The molecule has 1 N–H and O–H groups in total. The van der Waals surface area contributed by atoms with Crippen molar-refractivity contribution in [2.24, 2.45) is 0 Å². The fourth-order valence-corrected chi connectivity index (χ4v) is 4.16. The van der Waals surface area contributed by atoms with Gasteiger partial charge in [0.2, 0.25) is 5.91 Å². The van der Waals surface area contributed by atoms with Crippen LogP contribution in [-0.2, 0) is 16.0 Å². The lowest BCUT2D eigenvalue weighted by molar-refractivity contribution is -0.122. The number of carbonyl (C=O) groups is 1. The van der Waals surface area contributed by atoms with Gasteiger partial charge in [-0.3, -0.25) is 4.79 Å². The monoisotopic (exact) mass is 403 g/mol. The van der Waals surface area contributed by atoms with Crippen molar-refractivity contribution in [3.8, 4) is 0 Å². The number of carbonyl (C=O) groups excluding carboxylic acids is 1. The third-order valence-corrected chi connectivity index (χ3v) is 5.64. The summed E-state index contributed by atoms with van der Waals surface area (Å²) in [5.41, 5.74) is 3.29. The van der Waals surface area contributed by atoms with E-state index in [1.807, 2.05) is 12.1 Å². The Labute approximate surface area is 176 Å². The van der Waals surface area contributed by atoms with Crippen LogP contribution in [0.1, 0.15) is 35.4 Å². The van der Waals surface area contributed by atoms with E-state index < -0.39 is 0 Å². The van der Waals surface area contributed by atoms with Crippen LogP contribution < -0.4 is 5.32 Å². The Morgan fingerprint density at radius 1 is 0.900 bits per heavy atom. The van der Waals surface area contributed by atoms with Crippen LogP contribution in [0.15, 0.2) is 84.9 Å². The summed E-state index contributed by atoms with van der Waals surface area (Å²) in [7, 11) is 0. The van der Waals surface area contributed by atoms with Crippen molar-refractivity contribution >= 4 is 5.91 Å². The summed E-state index contributed by atoms with van der Waals surface area (Å²) < 4.78 is 19.3. The zero-order valence-electron chi connectivity index (χ0n) is 16.8. The largest absolute Gasteiger partial charge is 0.375 e. The molecular weight excluding hydrogens is 377 g/mol. The van der Waals surface area contributed by atoms with E-state index in [1.54, 1.807) is 12.1 Å². The summed E-state index contributed by atoms with van der Waals surface area (Å²) in [6.07, 6.45) is 2.06. The highest BCUT2D eigenvalue weighted by Crippen LogP contribution is 2.34. The third kappa shape index (κ3) is 5.14. The van der Waals surface area contributed by atoms with Gasteiger partial charge in [0.25, 0.3) is 0 Å². The number of ether oxygens (including phenoxy) is 1. The first kappa shape index (κ1) is 20.3. The zero-order valence-corrected chi connectivity index (χ0v) is 16.8. The highest BCUT2D eigenvalue weighted by Gasteiger charge is 2.31. The Hall–Kier alpha value is -2.98. The quantitative estimate of drug-likeness (QED) is 0.638. The lowest BCUT2D eigenvalue weighted by Gasteiger charge is -2.35. The first-order valence-electron chi connectivity index (χ1n) is 10.4. The topological polar surface area (TPSA) is 38.3 Å². The predicted octanol–water partition coefficient (Wildman–Crippen LogP) is 4.86. The lowest BCUT2D eigenvalue weighted by atomic mass is 9.83. The van der Waals surface area contributed by atoms with Crippen LogP contribution in [0, 0.1) is 5.82 Å². The van der Waals surface area contributed by atoms with E-state index in [9.17, 15) is 9.18 Å². The van der Waals surface area contributed by atoms with Gasteiger partial charge >= 0.3 is 0 Å². The molecule has 0 radical (unpaired) electrons. The van der Waals surface area contributed by atoms with Gasteiger partial charge in [0, 0.05) is 5.92 Å². The summed E-state index contributed by atoms with van der Waals surface area (Å²) in [4.78, 5) is 12.4. The molecule has 0 saturated carbocycles. The first-order valence-corrected chi connectivity index (χ1v) is 10.4. The van der Waals surface area contributed by atoms with Gasteiger partial charge in [-0.05, 0) is 41.7 Å². The molecule has 4 heteroatoms. The molecule has 1 aliphatic rings. The Morgan fingerprint density at radius 2 is 1.50 bits per heavy atom. The van der Waals surface area contributed by atoms with Crippen molar-refractivity contribution in [2.75, 3.05) is 6.61 Å². The van der Waals surface area contributed by atoms with Crippen LogP contribution in [0.5, 0.6) is 0 Å². The van der Waals surface area contributed by atoms with Gasteiger partial charge in [-0.25, -0.2) is 4.39 Å². The molecule has 0 aromatic heterocycles. The fraction of sp³-hybridized carbons (Fsp3) is 0.269. The molecule has 1 saturated heterocycles. The molecule has 3 aromatic carbocycles. The Morgan fingerprint density at radius 3 is 2.03 bits per heavy atom. The van der Waals surface area contributed by atoms with Gasteiger partial charge in [0.15, 0.2) is 0 Å². The fourth-order valence-electron chi connectivity index (χ4n) is 4.16. The van der Waals surface area contributed by atoms with E-state index in [1.165, 1.54) is 23.3 Å². The summed E-state index contributed by atoms with van der Waals surface area (Å²) in [5.74, 6) is -0.183. The smallest absolute Gasteiger partial charge is 0.224 e. The summed E-state index contributed by atoms with van der Waals surface area (Å²) in [5, 5.41) is 3.06. The number of amides is 1. The van der Waals surface area contributed by atoms with Crippen molar-refractivity contribution in [1.82, 2.24) is 5.32 Å². The van der Waals surface area contributed by atoms with E-state index in [0.29, 0.717) is 6.61 Å². The van der Waals surface area contributed by atoms with Crippen LogP contribution in [0.25, 0.3) is 0 Å². The van der Waals surface area contributed by atoms with Crippen molar-refractivity contribution in [3.63, 3.8) is 0 Å². The molecule has 0 bridgehead atoms. The Bertz CT molecular complexity index is 896. The average molecular weight is 403 g/mol. The SMILES string of the molecule is O=C(Cc1ccc(F)cc1)NC1CC[C@@H](C(c2ccccc2)c2ccccc2)OC1. The Balaban J connectivity index is 1.37. The van der Waals surface area contributed by atoms with E-state index >= 15 is 0 Å². The zero-order chi connectivity index (χ0) is 20.8. The minimum Gasteiger partial charge on any atom is -0.375 e. The molecule has 154 valence electrons. The van der Waals surface area contributed by atoms with Crippen molar-refractivity contribution < 1.29 is 13.9 Å². The molecule has 1 unspecified atom stereocenters. The highest BCUT2D eigenvalue weighted by molar-refractivity contribution is 5.78. The molecule has 1 amide bonds. The normalized spacial score (nSPS) is 18.9. The molecule has 1 fully saturated rings. The van der Waals surface area contributed by atoms with E-state index in [2.05, 4.69) is 53.8 Å². The molecular formula is C26H26FNO2. The molecule has 4 rings (SSSR count). The molecule has 1 heterocycles. The summed E-state index contributed by atoms with van der Waals surface area (Å²) >= 11 is 0. The minimum absolute atomic E-state index is 0.00129. The summed E-state index contributed by atoms with van der Waals surface area (Å²) in [6, 6.07) is 27.0. The van der Waals surface area contributed by atoms with E-state index in [0.717, 1.165) is 18.4 Å². The van der Waals surface area contributed by atoms with Crippen LogP contribution in [-0.4, -0.2) is 24.7 Å². The molecule has 2 atom stereocenters. The van der Waals surface area contributed by atoms with Crippen LogP contribution in [0.2, 0.25) is 0 Å². The molecule has 0 spiro atoms. The van der Waals surface area contributed by atoms with Crippen molar-refractivity contribution in [2.45, 2.75) is 37.3 Å². The molecule has 3 nitrogen and oxygen atoms in total. The first-order chi connectivity index (χ1) is 14.7. The molecule has 3 aromatic rings. The standard InChI is InChI=1S/C26H26FNO2/c27-22-13-11-19(12-14-22)17-25(29)28-23-15-16-24(30-18-23)26(20-7-3-1-4-8-20)21-9-5-2-6-10-21/h1-14,23-24,26H,15-18H2,(H,28,29)/t23?,24-/m0/s1. The van der Waals surface area contributed by atoms with Gasteiger partial charge in [-0.1, -0.05) is 72.8 Å². The maximum Gasteiger partial charge on any atom is 0.224 e. The average Bonchev–Trinajstić information content (AvgIpc) is 2.78. The third-order valence-electron chi connectivity index (χ3n) is 5.64. The maximum absolute atomic E-state index is 13.0. The van der Waals surface area contributed by atoms with E-state index in [4.69, 9.17) is 4.74 Å². The molecule has 1 aliphatic heterocycles. The Kier molecular flexibility index (Phi) is 6.55. The maximum atomic E-state index is 13.0. The van der Waals surface area contributed by atoms with Gasteiger partial charge in [-0.2, -0.15) is 0 Å². The molecule has 30 heavy (non-hydrogen) atoms. The minimum atomic E-state index is -0.294.